The fourth-order valence-corrected chi connectivity index (χ4v) is 3.38. The van der Waals surface area contributed by atoms with E-state index in [1.54, 1.807) is 18.5 Å². The number of nitrogens with one attached hydrogen (secondary N) is 2. The maximum absolute atomic E-state index is 12.6. The van der Waals surface area contributed by atoms with Crippen molar-refractivity contribution in [3.05, 3.63) is 54.4 Å². The Kier molecular flexibility index (Phi) is 10.5. The van der Waals surface area contributed by atoms with E-state index in [0.717, 1.165) is 31.5 Å². The number of amides is 1. The number of aliphatic imine (C=N–C) groups is 1. The van der Waals surface area contributed by atoms with Crippen LogP contribution in [0.4, 0.5) is 5.95 Å². The van der Waals surface area contributed by atoms with E-state index in [-0.39, 0.29) is 35.9 Å². The topological polar surface area (TPSA) is 85.8 Å². The van der Waals surface area contributed by atoms with Gasteiger partial charge in [-0.05, 0) is 25.5 Å². The molecule has 3 rings (SSSR count). The van der Waals surface area contributed by atoms with Gasteiger partial charge in [0.15, 0.2) is 5.96 Å². The van der Waals surface area contributed by atoms with E-state index in [1.807, 2.05) is 30.0 Å². The molecule has 0 saturated carbocycles. The number of piperazine rings is 1. The lowest BCUT2D eigenvalue weighted by Gasteiger charge is -2.34. The molecule has 1 aromatic heterocycles. The van der Waals surface area contributed by atoms with Crippen molar-refractivity contribution in [2.45, 2.75) is 26.3 Å². The van der Waals surface area contributed by atoms with Crippen LogP contribution in [0.25, 0.3) is 0 Å². The molecular formula is C22H32IN7O. The summed E-state index contributed by atoms with van der Waals surface area (Å²) in [5.41, 5.74) is 1.19. The van der Waals surface area contributed by atoms with Gasteiger partial charge in [-0.3, -0.25) is 9.79 Å². The van der Waals surface area contributed by atoms with Crippen LogP contribution in [0.2, 0.25) is 0 Å². The molecule has 1 aliphatic heterocycles. The summed E-state index contributed by atoms with van der Waals surface area (Å²) in [6.45, 7) is 8.22. The summed E-state index contributed by atoms with van der Waals surface area (Å²) in [4.78, 5) is 29.8. The van der Waals surface area contributed by atoms with Crippen LogP contribution in [-0.4, -0.2) is 66.0 Å². The highest BCUT2D eigenvalue weighted by atomic mass is 127. The Morgan fingerprint density at radius 3 is 2.42 bits per heavy atom. The van der Waals surface area contributed by atoms with Crippen LogP contribution in [0.15, 0.2) is 53.8 Å². The maximum atomic E-state index is 12.6. The van der Waals surface area contributed by atoms with Crippen LogP contribution in [0.5, 0.6) is 0 Å². The molecule has 1 amide bonds. The summed E-state index contributed by atoms with van der Waals surface area (Å²) in [6.07, 6.45) is 3.89. The number of rotatable bonds is 7. The zero-order chi connectivity index (χ0) is 21.2. The summed E-state index contributed by atoms with van der Waals surface area (Å²) >= 11 is 0. The van der Waals surface area contributed by atoms with Crippen molar-refractivity contribution >= 4 is 41.8 Å². The van der Waals surface area contributed by atoms with Crippen molar-refractivity contribution < 1.29 is 4.79 Å². The number of anilines is 1. The van der Waals surface area contributed by atoms with Crippen molar-refractivity contribution in [3.8, 4) is 0 Å². The summed E-state index contributed by atoms with van der Waals surface area (Å²) in [5, 5.41) is 6.66. The standard InChI is InChI=1S/C22H31N7O.HI/c1-3-23-21(27-18(2)19-8-5-4-6-9-19)24-13-10-20(30)28-14-16-29(17-15-28)22-25-11-7-12-26-22;/h4-9,11-12,18H,3,10,13-17H2,1-2H3,(H2,23,24,27);1H. The van der Waals surface area contributed by atoms with E-state index in [9.17, 15) is 4.79 Å². The minimum atomic E-state index is 0. The van der Waals surface area contributed by atoms with Gasteiger partial charge in [-0.2, -0.15) is 0 Å². The SMILES string of the molecule is CCNC(=NCCC(=O)N1CCN(c2ncccn2)CC1)NC(C)c1ccccc1.I. The first-order chi connectivity index (χ1) is 14.7. The first-order valence-electron chi connectivity index (χ1n) is 10.6. The fourth-order valence-electron chi connectivity index (χ4n) is 3.38. The molecule has 9 heteroatoms. The predicted octanol–water partition coefficient (Wildman–Crippen LogP) is 2.45. The van der Waals surface area contributed by atoms with E-state index in [1.165, 1.54) is 5.56 Å². The number of carbonyl (C=O) groups is 1. The lowest BCUT2D eigenvalue weighted by Crippen LogP contribution is -2.49. The van der Waals surface area contributed by atoms with Gasteiger partial charge in [0.2, 0.25) is 11.9 Å². The molecule has 1 atom stereocenters. The Labute approximate surface area is 201 Å². The van der Waals surface area contributed by atoms with Crippen molar-refractivity contribution in [3.63, 3.8) is 0 Å². The molecule has 168 valence electrons. The molecule has 1 aromatic carbocycles. The Morgan fingerprint density at radius 2 is 1.77 bits per heavy atom. The number of guanidine groups is 1. The summed E-state index contributed by atoms with van der Waals surface area (Å²) in [5.74, 6) is 1.59. The number of nitrogens with zero attached hydrogens (tertiary/aromatic N) is 5. The molecule has 0 aliphatic carbocycles. The van der Waals surface area contributed by atoms with Gasteiger partial charge in [-0.1, -0.05) is 30.3 Å². The number of hydrogen-bond donors (Lipinski definition) is 2. The van der Waals surface area contributed by atoms with Crippen molar-refractivity contribution in [2.75, 3.05) is 44.2 Å². The third-order valence-electron chi connectivity index (χ3n) is 5.06. The molecule has 8 nitrogen and oxygen atoms in total. The second kappa shape index (κ2) is 13.1. The van der Waals surface area contributed by atoms with Gasteiger partial charge in [0.25, 0.3) is 0 Å². The molecule has 2 aromatic rings. The van der Waals surface area contributed by atoms with Gasteiger partial charge >= 0.3 is 0 Å². The van der Waals surface area contributed by atoms with Crippen LogP contribution >= 0.6 is 24.0 Å². The van der Waals surface area contributed by atoms with Crippen LogP contribution in [0.3, 0.4) is 0 Å². The van der Waals surface area contributed by atoms with Gasteiger partial charge in [0, 0.05) is 51.5 Å². The van der Waals surface area contributed by atoms with E-state index >= 15 is 0 Å². The van der Waals surface area contributed by atoms with E-state index in [2.05, 4.69) is 49.6 Å². The van der Waals surface area contributed by atoms with Crippen LogP contribution in [0.1, 0.15) is 31.9 Å². The minimum Gasteiger partial charge on any atom is -0.357 e. The molecule has 0 spiro atoms. The van der Waals surface area contributed by atoms with E-state index in [0.29, 0.717) is 26.1 Å². The monoisotopic (exact) mass is 537 g/mol. The zero-order valence-corrected chi connectivity index (χ0v) is 20.5. The Morgan fingerprint density at radius 1 is 1.10 bits per heavy atom. The number of benzene rings is 1. The highest BCUT2D eigenvalue weighted by Gasteiger charge is 2.22. The lowest BCUT2D eigenvalue weighted by atomic mass is 10.1. The highest BCUT2D eigenvalue weighted by molar-refractivity contribution is 14.0. The second-order valence-corrected chi connectivity index (χ2v) is 7.20. The molecule has 0 bridgehead atoms. The number of hydrogen-bond acceptors (Lipinski definition) is 5. The van der Waals surface area contributed by atoms with E-state index < -0.39 is 0 Å². The molecule has 1 fully saturated rings. The van der Waals surface area contributed by atoms with Crippen LogP contribution in [-0.2, 0) is 4.79 Å². The molecule has 1 aliphatic rings. The average Bonchev–Trinajstić information content (AvgIpc) is 2.80. The summed E-state index contributed by atoms with van der Waals surface area (Å²) in [7, 11) is 0. The van der Waals surface area contributed by atoms with Crippen LogP contribution < -0.4 is 15.5 Å². The van der Waals surface area contributed by atoms with Crippen molar-refractivity contribution in [2.24, 2.45) is 4.99 Å². The fraction of sp³-hybridized carbons (Fsp3) is 0.455. The lowest BCUT2D eigenvalue weighted by molar-refractivity contribution is -0.131. The van der Waals surface area contributed by atoms with Crippen molar-refractivity contribution in [1.29, 1.82) is 0 Å². The highest BCUT2D eigenvalue weighted by Crippen LogP contribution is 2.12. The number of aromatic nitrogens is 2. The van der Waals surface area contributed by atoms with Gasteiger partial charge in [0.1, 0.15) is 0 Å². The Bertz CT molecular complexity index is 811. The minimum absolute atomic E-state index is 0. The Balaban J connectivity index is 0.00000341. The third-order valence-corrected chi connectivity index (χ3v) is 5.06. The Hall–Kier alpha value is -2.43. The molecule has 1 saturated heterocycles. The van der Waals surface area contributed by atoms with Gasteiger partial charge in [-0.15, -0.1) is 24.0 Å². The molecule has 0 radical (unpaired) electrons. The zero-order valence-electron chi connectivity index (χ0n) is 18.2. The van der Waals surface area contributed by atoms with Gasteiger partial charge < -0.3 is 20.4 Å². The third kappa shape index (κ3) is 7.64. The summed E-state index contributed by atoms with van der Waals surface area (Å²) < 4.78 is 0. The van der Waals surface area contributed by atoms with Crippen molar-refractivity contribution in [1.82, 2.24) is 25.5 Å². The number of carbonyl (C=O) groups excluding carboxylic acids is 1. The summed E-state index contributed by atoms with van der Waals surface area (Å²) in [6, 6.07) is 12.2. The molecule has 2 N–H and O–H groups in total. The number of halogens is 1. The quantitative estimate of drug-likeness (QED) is 0.321. The second-order valence-electron chi connectivity index (χ2n) is 7.20. The van der Waals surface area contributed by atoms with Gasteiger partial charge in [-0.25, -0.2) is 9.97 Å². The smallest absolute Gasteiger partial charge is 0.225 e. The normalized spacial score (nSPS) is 15.1. The van der Waals surface area contributed by atoms with E-state index in [4.69, 9.17) is 0 Å². The van der Waals surface area contributed by atoms with Crippen LogP contribution in [0, 0.1) is 0 Å². The average molecular weight is 537 g/mol. The largest absolute Gasteiger partial charge is 0.357 e. The molecule has 2 heterocycles. The van der Waals surface area contributed by atoms with Gasteiger partial charge in [0.05, 0.1) is 12.6 Å². The first kappa shape index (κ1) is 24.8. The molecular weight excluding hydrogens is 505 g/mol. The molecule has 31 heavy (non-hydrogen) atoms. The maximum Gasteiger partial charge on any atom is 0.225 e. The first-order valence-corrected chi connectivity index (χ1v) is 10.6. The molecule has 1 unspecified atom stereocenters. The predicted molar refractivity (Wildman–Crippen MR) is 135 cm³/mol.